The third-order valence-corrected chi connectivity index (χ3v) is 3.53. The van der Waals surface area contributed by atoms with E-state index in [1.54, 1.807) is 12.1 Å². The van der Waals surface area contributed by atoms with Gasteiger partial charge in [0.15, 0.2) is 11.5 Å². The Bertz CT molecular complexity index is 628. The molecule has 3 N–H and O–H groups in total. The molecule has 0 amide bonds. The van der Waals surface area contributed by atoms with Crippen molar-refractivity contribution in [3.05, 3.63) is 24.1 Å². The number of nitrogens with two attached hydrogens (primary N) is 1. The largest absolute Gasteiger partial charge is 0.504 e. The van der Waals surface area contributed by atoms with Gasteiger partial charge in [-0.1, -0.05) is 5.16 Å². The van der Waals surface area contributed by atoms with E-state index in [9.17, 15) is 5.11 Å². The van der Waals surface area contributed by atoms with Crippen molar-refractivity contribution < 1.29 is 19.1 Å². The van der Waals surface area contributed by atoms with Crippen LogP contribution in [0.4, 0.5) is 0 Å². The Labute approximate surface area is 121 Å². The summed E-state index contributed by atoms with van der Waals surface area (Å²) in [6.07, 6.45) is 1.58. The Balaban J connectivity index is 1.82. The first-order chi connectivity index (χ1) is 10.2. The molecule has 112 valence electrons. The van der Waals surface area contributed by atoms with Gasteiger partial charge in [0.05, 0.1) is 13.2 Å². The summed E-state index contributed by atoms with van der Waals surface area (Å²) >= 11 is 0. The lowest BCUT2D eigenvalue weighted by atomic mass is 10.2. The van der Waals surface area contributed by atoms with Gasteiger partial charge in [-0.3, -0.25) is 0 Å². The van der Waals surface area contributed by atoms with Gasteiger partial charge in [-0.15, -0.1) is 0 Å². The van der Waals surface area contributed by atoms with Gasteiger partial charge in [0, 0.05) is 12.1 Å². The summed E-state index contributed by atoms with van der Waals surface area (Å²) in [7, 11) is 1.49. The van der Waals surface area contributed by atoms with Crippen molar-refractivity contribution in [2.75, 3.05) is 13.7 Å². The van der Waals surface area contributed by atoms with E-state index in [-0.39, 0.29) is 18.0 Å². The molecule has 1 aromatic heterocycles. The highest BCUT2D eigenvalue weighted by atomic mass is 16.5. The SMILES string of the molecule is COc1cc(-c2noc(C3CCC(CN)O3)n2)ccc1O. The molecule has 7 heteroatoms. The van der Waals surface area contributed by atoms with Crippen LogP contribution in [0.2, 0.25) is 0 Å². The monoisotopic (exact) mass is 291 g/mol. The van der Waals surface area contributed by atoms with Crippen LogP contribution in [0.5, 0.6) is 11.5 Å². The second-order valence-corrected chi connectivity index (χ2v) is 4.90. The number of ether oxygens (including phenoxy) is 2. The molecule has 0 aliphatic carbocycles. The molecule has 0 spiro atoms. The zero-order valence-electron chi connectivity index (χ0n) is 11.7. The van der Waals surface area contributed by atoms with E-state index in [0.29, 0.717) is 29.6 Å². The number of nitrogens with zero attached hydrogens (tertiary/aromatic N) is 2. The van der Waals surface area contributed by atoms with E-state index in [1.807, 2.05) is 0 Å². The highest BCUT2D eigenvalue weighted by Crippen LogP contribution is 2.34. The molecule has 1 fully saturated rings. The fourth-order valence-corrected chi connectivity index (χ4v) is 2.36. The number of phenolic OH excluding ortho intramolecular Hbond substituents is 1. The lowest BCUT2D eigenvalue weighted by molar-refractivity contribution is 0.0307. The van der Waals surface area contributed by atoms with Crippen LogP contribution in [0.15, 0.2) is 22.7 Å². The van der Waals surface area contributed by atoms with Gasteiger partial charge in [-0.25, -0.2) is 0 Å². The van der Waals surface area contributed by atoms with Gasteiger partial charge in [0.1, 0.15) is 6.10 Å². The predicted molar refractivity (Wildman–Crippen MR) is 73.9 cm³/mol. The first kappa shape index (κ1) is 13.8. The molecule has 3 rings (SSSR count). The van der Waals surface area contributed by atoms with Gasteiger partial charge in [0.2, 0.25) is 5.82 Å². The molecule has 1 aliphatic heterocycles. The highest BCUT2D eigenvalue weighted by molar-refractivity contribution is 5.60. The molecular formula is C14H17N3O4. The third-order valence-electron chi connectivity index (χ3n) is 3.53. The second kappa shape index (κ2) is 5.71. The molecule has 2 atom stereocenters. The maximum atomic E-state index is 9.59. The average Bonchev–Trinajstić information content (AvgIpc) is 3.16. The first-order valence-corrected chi connectivity index (χ1v) is 6.77. The van der Waals surface area contributed by atoms with Crippen molar-refractivity contribution in [3.8, 4) is 22.9 Å². The smallest absolute Gasteiger partial charge is 0.256 e. The number of benzene rings is 1. The fourth-order valence-electron chi connectivity index (χ4n) is 2.36. The summed E-state index contributed by atoms with van der Waals surface area (Å²) in [6.45, 7) is 0.493. The van der Waals surface area contributed by atoms with Crippen LogP contribution in [-0.4, -0.2) is 35.0 Å². The summed E-state index contributed by atoms with van der Waals surface area (Å²) < 4.78 is 16.1. The zero-order valence-corrected chi connectivity index (χ0v) is 11.7. The van der Waals surface area contributed by atoms with Crippen molar-refractivity contribution in [2.45, 2.75) is 25.0 Å². The molecule has 2 aromatic rings. The summed E-state index contributed by atoms with van der Waals surface area (Å²) in [5.74, 6) is 1.31. The molecule has 0 bridgehead atoms. The van der Waals surface area contributed by atoms with E-state index in [1.165, 1.54) is 13.2 Å². The predicted octanol–water partition coefficient (Wildman–Crippen LogP) is 1.63. The Morgan fingerprint density at radius 2 is 2.29 bits per heavy atom. The number of rotatable bonds is 4. The lowest BCUT2D eigenvalue weighted by Gasteiger charge is -2.07. The number of hydrogen-bond acceptors (Lipinski definition) is 7. The van der Waals surface area contributed by atoms with Crippen LogP contribution >= 0.6 is 0 Å². The summed E-state index contributed by atoms with van der Waals surface area (Å²) in [5.41, 5.74) is 6.29. The third kappa shape index (κ3) is 2.70. The van der Waals surface area contributed by atoms with Gasteiger partial charge in [0.25, 0.3) is 5.89 Å². The quantitative estimate of drug-likeness (QED) is 0.882. The highest BCUT2D eigenvalue weighted by Gasteiger charge is 2.30. The van der Waals surface area contributed by atoms with Crippen molar-refractivity contribution >= 4 is 0 Å². The van der Waals surface area contributed by atoms with E-state index in [0.717, 1.165) is 12.8 Å². The number of hydrogen-bond donors (Lipinski definition) is 2. The van der Waals surface area contributed by atoms with Crippen molar-refractivity contribution in [1.82, 2.24) is 10.1 Å². The maximum Gasteiger partial charge on any atom is 0.256 e. The normalized spacial score (nSPS) is 21.6. The number of phenols is 1. The minimum absolute atomic E-state index is 0.0547. The van der Waals surface area contributed by atoms with Crippen LogP contribution in [-0.2, 0) is 4.74 Å². The van der Waals surface area contributed by atoms with Crippen LogP contribution in [0.1, 0.15) is 24.8 Å². The maximum absolute atomic E-state index is 9.59. The summed E-state index contributed by atoms with van der Waals surface area (Å²) in [6, 6.07) is 4.88. The van der Waals surface area contributed by atoms with Crippen molar-refractivity contribution in [2.24, 2.45) is 5.73 Å². The Hall–Kier alpha value is -2.12. The summed E-state index contributed by atoms with van der Waals surface area (Å²) in [4.78, 5) is 4.36. The van der Waals surface area contributed by atoms with Crippen molar-refractivity contribution in [3.63, 3.8) is 0 Å². The second-order valence-electron chi connectivity index (χ2n) is 4.90. The standard InChI is InChI=1S/C14H17N3O4/c1-19-12-6-8(2-4-10(12)18)13-16-14(21-17-13)11-5-3-9(7-15)20-11/h2,4,6,9,11,18H,3,5,7,15H2,1H3. The molecule has 1 aliphatic rings. The molecule has 1 aromatic carbocycles. The summed E-state index contributed by atoms with van der Waals surface area (Å²) in [5, 5.41) is 13.5. The minimum Gasteiger partial charge on any atom is -0.504 e. The van der Waals surface area contributed by atoms with Gasteiger partial charge in [-0.2, -0.15) is 4.98 Å². The van der Waals surface area contributed by atoms with Crippen LogP contribution in [0.3, 0.4) is 0 Å². The minimum atomic E-state index is -0.196. The zero-order chi connectivity index (χ0) is 14.8. The van der Waals surface area contributed by atoms with Gasteiger partial charge < -0.3 is 24.8 Å². The number of aromatic hydroxyl groups is 1. The van der Waals surface area contributed by atoms with E-state index >= 15 is 0 Å². The topological polar surface area (TPSA) is 104 Å². The average molecular weight is 291 g/mol. The number of methoxy groups -OCH3 is 1. The van der Waals surface area contributed by atoms with Gasteiger partial charge in [-0.05, 0) is 31.0 Å². The Morgan fingerprint density at radius 1 is 1.43 bits per heavy atom. The molecule has 0 saturated carbocycles. The molecule has 1 saturated heterocycles. The first-order valence-electron chi connectivity index (χ1n) is 6.77. The lowest BCUT2D eigenvalue weighted by Crippen LogP contribution is -2.18. The van der Waals surface area contributed by atoms with Crippen molar-refractivity contribution in [1.29, 1.82) is 0 Å². The molecule has 0 radical (unpaired) electrons. The fraction of sp³-hybridized carbons (Fsp3) is 0.429. The van der Waals surface area contributed by atoms with Crippen LogP contribution < -0.4 is 10.5 Å². The van der Waals surface area contributed by atoms with Crippen LogP contribution in [0.25, 0.3) is 11.4 Å². The molecule has 7 nitrogen and oxygen atoms in total. The number of aromatic nitrogens is 2. The van der Waals surface area contributed by atoms with E-state index < -0.39 is 0 Å². The molecule has 2 unspecified atom stereocenters. The Morgan fingerprint density at radius 3 is 3.00 bits per heavy atom. The molecule has 2 heterocycles. The Kier molecular flexibility index (Phi) is 3.76. The molecule has 21 heavy (non-hydrogen) atoms. The molecular weight excluding hydrogens is 274 g/mol. The van der Waals surface area contributed by atoms with E-state index in [4.69, 9.17) is 19.7 Å². The van der Waals surface area contributed by atoms with Gasteiger partial charge >= 0.3 is 0 Å². The van der Waals surface area contributed by atoms with E-state index in [2.05, 4.69) is 10.1 Å². The van der Waals surface area contributed by atoms with Crippen LogP contribution in [0, 0.1) is 0 Å².